The molecule has 1 aromatic heterocycles. The van der Waals surface area contributed by atoms with Crippen molar-refractivity contribution in [3.05, 3.63) is 74.6 Å². The standard InChI is InChI=1S/C22H21FN4O2S/c1-15-3-2-4-19(13-15)25-26-21(16-5-11-20(12-6-16)27(28)29)14-30-22(26)24-18-9-7-17(23)8-10-18/h5-12,14-15H,2-4,13H2,1H3. The molecular formula is C22H21FN4O2S. The summed E-state index contributed by atoms with van der Waals surface area (Å²) < 4.78 is 15.1. The molecule has 0 amide bonds. The lowest BCUT2D eigenvalue weighted by Crippen LogP contribution is -2.18. The van der Waals surface area contributed by atoms with E-state index in [1.165, 1.54) is 42.0 Å². The maximum absolute atomic E-state index is 13.3. The number of hydrogen-bond donors (Lipinski definition) is 0. The fourth-order valence-electron chi connectivity index (χ4n) is 3.55. The maximum Gasteiger partial charge on any atom is 0.269 e. The summed E-state index contributed by atoms with van der Waals surface area (Å²) in [4.78, 5) is 15.9. The van der Waals surface area contributed by atoms with Crippen LogP contribution >= 0.6 is 11.3 Å². The molecule has 0 radical (unpaired) electrons. The molecular weight excluding hydrogens is 403 g/mol. The predicted molar refractivity (Wildman–Crippen MR) is 116 cm³/mol. The van der Waals surface area contributed by atoms with E-state index in [0.717, 1.165) is 36.2 Å². The zero-order valence-corrected chi connectivity index (χ0v) is 17.3. The van der Waals surface area contributed by atoms with E-state index < -0.39 is 4.92 Å². The van der Waals surface area contributed by atoms with Crippen molar-refractivity contribution in [3.8, 4) is 11.3 Å². The molecule has 1 fully saturated rings. The van der Waals surface area contributed by atoms with Crippen LogP contribution in [0, 0.1) is 21.8 Å². The predicted octanol–water partition coefficient (Wildman–Crippen LogP) is 5.91. The van der Waals surface area contributed by atoms with E-state index in [4.69, 9.17) is 5.10 Å². The Balaban J connectivity index is 1.82. The molecule has 0 N–H and O–H groups in total. The number of hydrogen-bond acceptors (Lipinski definition) is 5. The minimum absolute atomic E-state index is 0.0455. The molecule has 1 unspecified atom stereocenters. The van der Waals surface area contributed by atoms with Crippen LogP contribution in [0.4, 0.5) is 15.8 Å². The van der Waals surface area contributed by atoms with Crippen LogP contribution in [0.15, 0.2) is 64.0 Å². The number of non-ortho nitro benzene ring substituents is 1. The van der Waals surface area contributed by atoms with Crippen LogP contribution in [-0.2, 0) is 0 Å². The summed E-state index contributed by atoms with van der Waals surface area (Å²) in [6.45, 7) is 2.23. The second kappa shape index (κ2) is 8.71. The van der Waals surface area contributed by atoms with E-state index in [1.54, 1.807) is 24.3 Å². The lowest BCUT2D eigenvalue weighted by molar-refractivity contribution is -0.384. The van der Waals surface area contributed by atoms with E-state index in [-0.39, 0.29) is 11.5 Å². The number of aromatic nitrogens is 1. The van der Waals surface area contributed by atoms with Gasteiger partial charge in [0.15, 0.2) is 0 Å². The van der Waals surface area contributed by atoms with Gasteiger partial charge in [0.2, 0.25) is 4.80 Å². The van der Waals surface area contributed by atoms with Gasteiger partial charge < -0.3 is 0 Å². The quantitative estimate of drug-likeness (QED) is 0.386. The number of halogens is 1. The van der Waals surface area contributed by atoms with Crippen LogP contribution in [0.3, 0.4) is 0 Å². The highest BCUT2D eigenvalue weighted by molar-refractivity contribution is 7.07. The average molecular weight is 425 g/mol. The van der Waals surface area contributed by atoms with E-state index in [2.05, 4.69) is 11.9 Å². The number of nitro benzene ring substituents is 1. The molecule has 0 saturated heterocycles. The molecule has 0 bridgehead atoms. The molecule has 1 heterocycles. The number of rotatable bonds is 4. The van der Waals surface area contributed by atoms with E-state index in [9.17, 15) is 14.5 Å². The summed E-state index contributed by atoms with van der Waals surface area (Å²) in [5.41, 5.74) is 3.45. The SMILES string of the molecule is CC1CCCC(=Nn2c(-c3ccc([N+](=O)[O-])cc3)csc2=Nc2ccc(F)cc2)C1. The van der Waals surface area contributed by atoms with Gasteiger partial charge in [0.05, 0.1) is 16.3 Å². The van der Waals surface area contributed by atoms with Crippen molar-refractivity contribution in [1.29, 1.82) is 0 Å². The fraction of sp³-hybridized carbons (Fsp3) is 0.273. The van der Waals surface area contributed by atoms with Crippen LogP contribution in [-0.4, -0.2) is 15.3 Å². The summed E-state index contributed by atoms with van der Waals surface area (Å²) in [7, 11) is 0. The molecule has 0 spiro atoms. The Hall–Kier alpha value is -3.13. The average Bonchev–Trinajstić information content (AvgIpc) is 3.12. The molecule has 6 nitrogen and oxygen atoms in total. The summed E-state index contributed by atoms with van der Waals surface area (Å²) in [5, 5.41) is 17.8. The summed E-state index contributed by atoms with van der Waals surface area (Å²) >= 11 is 1.43. The van der Waals surface area contributed by atoms with E-state index >= 15 is 0 Å². The second-order valence-electron chi connectivity index (χ2n) is 7.48. The summed E-state index contributed by atoms with van der Waals surface area (Å²) in [5.74, 6) is 0.285. The Labute approximate surface area is 177 Å². The van der Waals surface area contributed by atoms with Gasteiger partial charge in [-0.3, -0.25) is 10.1 Å². The molecule has 8 heteroatoms. The van der Waals surface area contributed by atoms with Gasteiger partial charge in [-0.1, -0.05) is 6.92 Å². The number of nitrogens with zero attached hydrogens (tertiary/aromatic N) is 4. The zero-order valence-electron chi connectivity index (χ0n) is 16.5. The zero-order chi connectivity index (χ0) is 21.1. The van der Waals surface area contributed by atoms with Gasteiger partial charge in [0.25, 0.3) is 5.69 Å². The van der Waals surface area contributed by atoms with Crippen LogP contribution < -0.4 is 4.80 Å². The largest absolute Gasteiger partial charge is 0.269 e. The smallest absolute Gasteiger partial charge is 0.258 e. The van der Waals surface area contributed by atoms with Gasteiger partial charge in [-0.15, -0.1) is 11.3 Å². The molecule has 1 aliphatic carbocycles. The van der Waals surface area contributed by atoms with Gasteiger partial charge in [-0.2, -0.15) is 5.10 Å². The first-order chi connectivity index (χ1) is 14.5. The molecule has 154 valence electrons. The van der Waals surface area contributed by atoms with Crippen LogP contribution in [0.25, 0.3) is 11.3 Å². The number of benzene rings is 2. The van der Waals surface area contributed by atoms with Gasteiger partial charge >= 0.3 is 0 Å². The topological polar surface area (TPSA) is 72.8 Å². The van der Waals surface area contributed by atoms with Crippen molar-refractivity contribution >= 4 is 28.4 Å². The van der Waals surface area contributed by atoms with Gasteiger partial charge in [0, 0.05) is 28.8 Å². The third-order valence-electron chi connectivity index (χ3n) is 5.10. The molecule has 3 aromatic rings. The number of nitro groups is 1. The molecule has 1 atom stereocenters. The first-order valence-electron chi connectivity index (χ1n) is 9.82. The summed E-state index contributed by atoms with van der Waals surface area (Å²) in [6.07, 6.45) is 4.21. The maximum atomic E-state index is 13.3. The minimum Gasteiger partial charge on any atom is -0.258 e. The van der Waals surface area contributed by atoms with E-state index in [0.29, 0.717) is 16.4 Å². The molecule has 0 aliphatic heterocycles. The highest BCUT2D eigenvalue weighted by Gasteiger charge is 2.16. The first-order valence-corrected chi connectivity index (χ1v) is 10.7. The Morgan fingerprint density at radius 3 is 2.57 bits per heavy atom. The normalized spacial score (nSPS) is 18.7. The fourth-order valence-corrected chi connectivity index (χ4v) is 4.40. The second-order valence-corrected chi connectivity index (χ2v) is 8.31. The highest BCUT2D eigenvalue weighted by Crippen LogP contribution is 2.26. The van der Waals surface area contributed by atoms with Crippen molar-refractivity contribution in [1.82, 2.24) is 4.68 Å². The van der Waals surface area contributed by atoms with Crippen LogP contribution in [0.2, 0.25) is 0 Å². The summed E-state index contributed by atoms with van der Waals surface area (Å²) in [6, 6.07) is 12.4. The van der Waals surface area contributed by atoms with Crippen LogP contribution in [0.5, 0.6) is 0 Å². The first kappa shape index (κ1) is 20.2. The van der Waals surface area contributed by atoms with E-state index in [1.807, 2.05) is 10.1 Å². The molecule has 1 saturated carbocycles. The van der Waals surface area contributed by atoms with Crippen LogP contribution in [0.1, 0.15) is 32.6 Å². The molecule has 1 aliphatic rings. The van der Waals surface area contributed by atoms with Crippen molar-refractivity contribution in [2.24, 2.45) is 16.0 Å². The van der Waals surface area contributed by atoms with Crippen molar-refractivity contribution in [3.63, 3.8) is 0 Å². The third-order valence-corrected chi connectivity index (χ3v) is 5.91. The van der Waals surface area contributed by atoms with Crippen molar-refractivity contribution in [2.45, 2.75) is 32.6 Å². The lowest BCUT2D eigenvalue weighted by Gasteiger charge is -2.19. The third kappa shape index (κ3) is 4.54. The molecule has 30 heavy (non-hydrogen) atoms. The Morgan fingerprint density at radius 1 is 1.17 bits per heavy atom. The van der Waals surface area contributed by atoms with Gasteiger partial charge in [-0.25, -0.2) is 14.1 Å². The lowest BCUT2D eigenvalue weighted by atomic mass is 9.89. The Bertz CT molecular complexity index is 1150. The monoisotopic (exact) mass is 424 g/mol. The minimum atomic E-state index is -0.412. The Morgan fingerprint density at radius 2 is 1.90 bits per heavy atom. The van der Waals surface area contributed by atoms with Crippen molar-refractivity contribution < 1.29 is 9.31 Å². The highest BCUT2D eigenvalue weighted by atomic mass is 32.1. The molecule has 4 rings (SSSR count). The van der Waals surface area contributed by atoms with Gasteiger partial charge in [-0.05, 0) is 68.0 Å². The van der Waals surface area contributed by atoms with Gasteiger partial charge in [0.1, 0.15) is 5.82 Å². The van der Waals surface area contributed by atoms with Crippen molar-refractivity contribution in [2.75, 3.05) is 0 Å². The molecule has 2 aromatic carbocycles. The number of thiazole rings is 1. The Kier molecular flexibility index (Phi) is 5.85.